The van der Waals surface area contributed by atoms with Gasteiger partial charge in [0.2, 0.25) is 0 Å². The summed E-state index contributed by atoms with van der Waals surface area (Å²) in [5.74, 6) is -0.227. The number of pyridine rings is 1. The largest absolute Gasteiger partial charge is 0.351 e. The van der Waals surface area contributed by atoms with Gasteiger partial charge in [0, 0.05) is 18.0 Å². The molecule has 1 aromatic rings. The summed E-state index contributed by atoms with van der Waals surface area (Å²) < 4.78 is 0. The van der Waals surface area contributed by atoms with Crippen LogP contribution in [-0.4, -0.2) is 28.9 Å². The van der Waals surface area contributed by atoms with Crippen molar-refractivity contribution in [1.82, 2.24) is 10.3 Å². The van der Waals surface area contributed by atoms with Crippen molar-refractivity contribution in [3.8, 4) is 0 Å². The Kier molecular flexibility index (Phi) is 5.38. The number of hydrogen-bond acceptors (Lipinski definition) is 3. The maximum Gasteiger partial charge on any atom is 0.253 e. The van der Waals surface area contributed by atoms with Crippen molar-refractivity contribution in [2.24, 2.45) is 0 Å². The summed E-state index contributed by atoms with van der Waals surface area (Å²) in [6.07, 6.45) is 3.36. The minimum absolute atomic E-state index is 0.227. The molecule has 0 spiro atoms. The van der Waals surface area contributed by atoms with Crippen LogP contribution < -0.4 is 5.32 Å². The Bertz CT molecular complexity index is 387. The zero-order valence-electron chi connectivity index (χ0n) is 8.96. The third-order valence-electron chi connectivity index (χ3n) is 2.02. The van der Waals surface area contributed by atoms with Crippen LogP contribution in [0.5, 0.6) is 0 Å². The van der Waals surface area contributed by atoms with Crippen LogP contribution in [0.3, 0.4) is 0 Å². The van der Waals surface area contributed by atoms with Gasteiger partial charge in [-0.15, -0.1) is 0 Å². The highest BCUT2D eigenvalue weighted by Crippen LogP contribution is 2.17. The summed E-state index contributed by atoms with van der Waals surface area (Å²) in [6, 6.07) is 1.46. The van der Waals surface area contributed by atoms with Crippen LogP contribution in [0.1, 0.15) is 17.3 Å². The molecule has 0 saturated heterocycles. The molecule has 0 aliphatic heterocycles. The predicted molar refractivity (Wildman–Crippen MR) is 69.6 cm³/mol. The molecular formula is C10H12Cl2N2OS. The number of halogens is 2. The van der Waals surface area contributed by atoms with Gasteiger partial charge in [-0.05, 0) is 12.3 Å². The number of amides is 1. The quantitative estimate of drug-likeness (QED) is 0.862. The highest BCUT2D eigenvalue weighted by atomic mass is 35.5. The summed E-state index contributed by atoms with van der Waals surface area (Å²) in [5.41, 5.74) is 0.356. The number of nitrogens with one attached hydrogen (secondary N) is 1. The second kappa shape index (κ2) is 6.33. The van der Waals surface area contributed by atoms with Gasteiger partial charge in [0.15, 0.2) is 0 Å². The molecule has 0 saturated carbocycles. The van der Waals surface area contributed by atoms with E-state index in [0.29, 0.717) is 22.4 Å². The fraction of sp³-hybridized carbons (Fsp3) is 0.400. The average Bonchev–Trinajstić information content (AvgIpc) is 2.28. The van der Waals surface area contributed by atoms with Crippen molar-refractivity contribution in [2.75, 3.05) is 12.8 Å². The van der Waals surface area contributed by atoms with E-state index in [1.807, 2.05) is 13.2 Å². The van der Waals surface area contributed by atoms with Gasteiger partial charge in [-0.1, -0.05) is 30.1 Å². The Morgan fingerprint density at radius 2 is 2.31 bits per heavy atom. The maximum absolute atomic E-state index is 11.7. The van der Waals surface area contributed by atoms with Crippen molar-refractivity contribution in [2.45, 2.75) is 12.2 Å². The number of nitrogens with zero attached hydrogens (tertiary/aromatic N) is 1. The fourth-order valence-electron chi connectivity index (χ4n) is 1.00. The van der Waals surface area contributed by atoms with Crippen molar-refractivity contribution >= 4 is 40.9 Å². The molecular weight excluding hydrogens is 267 g/mol. The Morgan fingerprint density at radius 1 is 1.62 bits per heavy atom. The standard InChI is InChI=1S/C10H12Cl2N2OS/c1-6(16-2)4-14-10(15)7-3-9(12)13-5-8(7)11/h3,5-6H,4H2,1-2H3,(H,14,15). The monoisotopic (exact) mass is 278 g/mol. The number of carbonyl (C=O) groups is 1. The first kappa shape index (κ1) is 13.6. The summed E-state index contributed by atoms with van der Waals surface area (Å²) in [5, 5.41) is 3.71. The zero-order chi connectivity index (χ0) is 12.1. The lowest BCUT2D eigenvalue weighted by atomic mass is 10.2. The molecule has 16 heavy (non-hydrogen) atoms. The second-order valence-electron chi connectivity index (χ2n) is 3.24. The summed E-state index contributed by atoms with van der Waals surface area (Å²) in [6.45, 7) is 2.63. The summed E-state index contributed by atoms with van der Waals surface area (Å²) in [7, 11) is 0. The van der Waals surface area contributed by atoms with E-state index in [0.717, 1.165) is 0 Å². The van der Waals surface area contributed by atoms with Crippen LogP contribution in [0.25, 0.3) is 0 Å². The fourth-order valence-corrected chi connectivity index (χ4v) is 1.60. The molecule has 1 atom stereocenters. The molecule has 6 heteroatoms. The van der Waals surface area contributed by atoms with E-state index < -0.39 is 0 Å². The van der Waals surface area contributed by atoms with Gasteiger partial charge in [-0.25, -0.2) is 4.98 Å². The molecule has 1 N–H and O–H groups in total. The van der Waals surface area contributed by atoms with E-state index in [1.54, 1.807) is 11.8 Å². The third kappa shape index (κ3) is 3.85. The van der Waals surface area contributed by atoms with Crippen LogP contribution in [0, 0.1) is 0 Å². The molecule has 0 fully saturated rings. The molecule has 1 aromatic heterocycles. The van der Waals surface area contributed by atoms with Crippen LogP contribution in [0.15, 0.2) is 12.3 Å². The Morgan fingerprint density at radius 3 is 2.94 bits per heavy atom. The molecule has 1 heterocycles. The van der Waals surface area contributed by atoms with Gasteiger partial charge in [0.25, 0.3) is 5.91 Å². The van der Waals surface area contributed by atoms with Crippen LogP contribution in [-0.2, 0) is 0 Å². The van der Waals surface area contributed by atoms with Gasteiger partial charge in [-0.3, -0.25) is 4.79 Å². The summed E-state index contributed by atoms with van der Waals surface area (Å²) >= 11 is 13.2. The predicted octanol–water partition coefficient (Wildman–Crippen LogP) is 2.87. The third-order valence-corrected chi connectivity index (χ3v) is 3.50. The first-order valence-corrected chi connectivity index (χ1v) is 6.71. The van der Waals surface area contributed by atoms with Crippen molar-refractivity contribution < 1.29 is 4.79 Å². The zero-order valence-corrected chi connectivity index (χ0v) is 11.3. The number of hydrogen-bond donors (Lipinski definition) is 1. The smallest absolute Gasteiger partial charge is 0.253 e. The van der Waals surface area contributed by atoms with Crippen molar-refractivity contribution in [1.29, 1.82) is 0 Å². The second-order valence-corrected chi connectivity index (χ2v) is 5.31. The van der Waals surface area contributed by atoms with E-state index in [-0.39, 0.29) is 11.1 Å². The Hall–Kier alpha value is -0.450. The van der Waals surface area contributed by atoms with Gasteiger partial charge in [0.1, 0.15) is 5.15 Å². The Balaban J connectivity index is 2.69. The summed E-state index contributed by atoms with van der Waals surface area (Å²) in [4.78, 5) is 15.5. The molecule has 0 radical (unpaired) electrons. The van der Waals surface area contributed by atoms with Gasteiger partial charge < -0.3 is 5.32 Å². The van der Waals surface area contributed by atoms with Gasteiger partial charge in [0.05, 0.1) is 10.6 Å². The highest BCUT2D eigenvalue weighted by Gasteiger charge is 2.12. The number of thioether (sulfide) groups is 1. The van der Waals surface area contributed by atoms with Crippen LogP contribution >= 0.6 is 35.0 Å². The minimum atomic E-state index is -0.227. The van der Waals surface area contributed by atoms with Crippen LogP contribution in [0.2, 0.25) is 10.2 Å². The van der Waals surface area contributed by atoms with E-state index >= 15 is 0 Å². The number of aromatic nitrogens is 1. The molecule has 1 amide bonds. The minimum Gasteiger partial charge on any atom is -0.351 e. The van der Waals surface area contributed by atoms with E-state index in [1.165, 1.54) is 12.3 Å². The molecule has 3 nitrogen and oxygen atoms in total. The lowest BCUT2D eigenvalue weighted by Crippen LogP contribution is -2.29. The SMILES string of the molecule is CSC(C)CNC(=O)c1cc(Cl)ncc1Cl. The maximum atomic E-state index is 11.7. The average molecular weight is 279 g/mol. The normalized spacial score (nSPS) is 12.2. The van der Waals surface area contributed by atoms with Gasteiger partial charge in [-0.2, -0.15) is 11.8 Å². The molecule has 1 rings (SSSR count). The molecule has 0 aromatic carbocycles. The first-order chi connectivity index (χ1) is 7.54. The highest BCUT2D eigenvalue weighted by molar-refractivity contribution is 7.99. The number of carbonyl (C=O) groups excluding carboxylic acids is 1. The van der Waals surface area contributed by atoms with E-state index in [4.69, 9.17) is 23.2 Å². The number of rotatable bonds is 4. The Labute approximate surface area is 109 Å². The molecule has 88 valence electrons. The van der Waals surface area contributed by atoms with Crippen molar-refractivity contribution in [3.05, 3.63) is 28.0 Å². The lowest BCUT2D eigenvalue weighted by molar-refractivity contribution is 0.0954. The topological polar surface area (TPSA) is 42.0 Å². The van der Waals surface area contributed by atoms with Crippen LogP contribution in [0.4, 0.5) is 0 Å². The van der Waals surface area contributed by atoms with Gasteiger partial charge >= 0.3 is 0 Å². The van der Waals surface area contributed by atoms with E-state index in [9.17, 15) is 4.79 Å². The molecule has 0 aliphatic carbocycles. The van der Waals surface area contributed by atoms with E-state index in [2.05, 4.69) is 10.3 Å². The molecule has 1 unspecified atom stereocenters. The molecule has 0 aliphatic rings. The first-order valence-electron chi connectivity index (χ1n) is 4.66. The lowest BCUT2D eigenvalue weighted by Gasteiger charge is -2.10. The van der Waals surface area contributed by atoms with Crippen molar-refractivity contribution in [3.63, 3.8) is 0 Å². The molecule has 0 bridgehead atoms.